The summed E-state index contributed by atoms with van der Waals surface area (Å²) < 4.78 is 5.32. The highest BCUT2D eigenvalue weighted by Gasteiger charge is 2.35. The zero-order valence-corrected chi connectivity index (χ0v) is 12.3. The van der Waals surface area contributed by atoms with Gasteiger partial charge in [0, 0.05) is 25.2 Å². The molecule has 1 rings (SSSR count). The van der Waals surface area contributed by atoms with Gasteiger partial charge in [0.25, 0.3) is 0 Å². The molecule has 0 aliphatic carbocycles. The van der Waals surface area contributed by atoms with Crippen LogP contribution in [0.25, 0.3) is 0 Å². The van der Waals surface area contributed by atoms with Gasteiger partial charge in [0.2, 0.25) is 0 Å². The largest absolute Gasteiger partial charge is 0.444 e. The van der Waals surface area contributed by atoms with E-state index in [9.17, 15) is 9.59 Å². The van der Waals surface area contributed by atoms with E-state index in [0.29, 0.717) is 13.1 Å². The highest BCUT2D eigenvalue weighted by Crippen LogP contribution is 2.20. The van der Waals surface area contributed by atoms with Crippen LogP contribution in [0, 0.1) is 0 Å². The Kier molecular flexibility index (Phi) is 4.48. The van der Waals surface area contributed by atoms with E-state index < -0.39 is 11.0 Å². The Labute approximate surface area is 113 Å². The Morgan fingerprint density at radius 3 is 1.94 bits per heavy atom. The van der Waals surface area contributed by atoms with E-state index in [-0.39, 0.29) is 18.2 Å². The Hall–Kier alpha value is -0.970. The number of amides is 2. The van der Waals surface area contributed by atoms with Gasteiger partial charge in [0.15, 0.2) is 0 Å². The number of carbonyl (C=O) groups excluding carboxylic acids is 2. The molecule has 0 aromatic carbocycles. The smallest absolute Gasteiger partial charge is 0.410 e. The van der Waals surface area contributed by atoms with Gasteiger partial charge in [-0.1, -0.05) is 0 Å². The maximum absolute atomic E-state index is 11.9. The van der Waals surface area contributed by atoms with Crippen LogP contribution in [-0.4, -0.2) is 52.0 Å². The molecule has 0 unspecified atom stereocenters. The predicted molar refractivity (Wildman–Crippen MR) is 69.8 cm³/mol. The SMILES string of the molecule is C[C@@H]1CN(C(=O)OC(C)(C)C)C[C@H](C)N1C(=O)Cl. The molecule has 0 N–H and O–H groups in total. The monoisotopic (exact) mass is 276 g/mol. The number of rotatable bonds is 0. The fourth-order valence-electron chi connectivity index (χ4n) is 2.14. The van der Waals surface area contributed by atoms with E-state index in [4.69, 9.17) is 16.3 Å². The molecule has 1 fully saturated rings. The lowest BCUT2D eigenvalue weighted by atomic mass is 10.1. The Morgan fingerprint density at radius 2 is 1.61 bits per heavy atom. The van der Waals surface area contributed by atoms with Crippen LogP contribution in [0.5, 0.6) is 0 Å². The average molecular weight is 277 g/mol. The number of nitrogens with zero attached hydrogens (tertiary/aromatic N) is 2. The van der Waals surface area contributed by atoms with Gasteiger partial charge in [-0.2, -0.15) is 0 Å². The number of hydrogen-bond donors (Lipinski definition) is 0. The topological polar surface area (TPSA) is 49.9 Å². The minimum Gasteiger partial charge on any atom is -0.444 e. The zero-order chi connectivity index (χ0) is 14.1. The van der Waals surface area contributed by atoms with Crippen molar-refractivity contribution in [2.24, 2.45) is 0 Å². The minimum atomic E-state index is -0.511. The van der Waals surface area contributed by atoms with Gasteiger partial charge in [-0.05, 0) is 46.2 Å². The number of ether oxygens (including phenoxy) is 1. The first kappa shape index (κ1) is 15.1. The van der Waals surface area contributed by atoms with E-state index in [1.54, 1.807) is 9.80 Å². The zero-order valence-electron chi connectivity index (χ0n) is 11.6. The van der Waals surface area contributed by atoms with Crippen LogP contribution in [0.4, 0.5) is 9.59 Å². The maximum Gasteiger partial charge on any atom is 0.410 e. The molecule has 6 heteroatoms. The quantitative estimate of drug-likeness (QED) is 0.505. The minimum absolute atomic E-state index is 0.105. The molecule has 0 spiro atoms. The molecular formula is C12H21ClN2O3. The van der Waals surface area contributed by atoms with Gasteiger partial charge in [-0.15, -0.1) is 0 Å². The summed E-state index contributed by atoms with van der Waals surface area (Å²) in [4.78, 5) is 26.4. The predicted octanol–water partition coefficient (Wildman–Crippen LogP) is 2.67. The molecule has 1 aliphatic rings. The summed E-state index contributed by atoms with van der Waals surface area (Å²) in [6.45, 7) is 10.1. The van der Waals surface area contributed by atoms with Crippen LogP contribution in [0.15, 0.2) is 0 Å². The fourth-order valence-corrected chi connectivity index (χ4v) is 2.48. The second-order valence-electron chi connectivity index (χ2n) is 5.74. The molecule has 0 aromatic rings. The highest BCUT2D eigenvalue weighted by molar-refractivity contribution is 6.62. The van der Waals surface area contributed by atoms with Crippen LogP contribution in [0.2, 0.25) is 0 Å². The third-order valence-electron chi connectivity index (χ3n) is 2.77. The molecular weight excluding hydrogens is 256 g/mol. The summed E-state index contributed by atoms with van der Waals surface area (Å²) in [6.07, 6.45) is -0.345. The van der Waals surface area contributed by atoms with Crippen LogP contribution in [-0.2, 0) is 4.74 Å². The fraction of sp³-hybridized carbons (Fsp3) is 0.833. The molecule has 18 heavy (non-hydrogen) atoms. The van der Waals surface area contributed by atoms with Crippen molar-refractivity contribution >= 4 is 23.1 Å². The second-order valence-corrected chi connectivity index (χ2v) is 6.07. The van der Waals surface area contributed by atoms with Crippen LogP contribution >= 0.6 is 11.6 Å². The lowest BCUT2D eigenvalue weighted by molar-refractivity contribution is 0.00310. The van der Waals surface area contributed by atoms with Crippen molar-refractivity contribution in [2.75, 3.05) is 13.1 Å². The van der Waals surface area contributed by atoms with Crippen molar-refractivity contribution in [3.05, 3.63) is 0 Å². The number of halogens is 1. The molecule has 0 saturated carbocycles. The van der Waals surface area contributed by atoms with Gasteiger partial charge in [0.05, 0.1) is 0 Å². The number of piperazine rings is 1. The van der Waals surface area contributed by atoms with Crippen LogP contribution < -0.4 is 0 Å². The number of hydrogen-bond acceptors (Lipinski definition) is 3. The van der Waals surface area contributed by atoms with Gasteiger partial charge >= 0.3 is 11.5 Å². The lowest BCUT2D eigenvalue weighted by Gasteiger charge is -2.43. The van der Waals surface area contributed by atoms with E-state index in [0.717, 1.165) is 0 Å². The molecule has 0 radical (unpaired) electrons. The van der Waals surface area contributed by atoms with Gasteiger partial charge in [-0.3, -0.25) is 4.79 Å². The summed E-state index contributed by atoms with van der Waals surface area (Å²) in [6, 6.07) is -0.211. The van der Waals surface area contributed by atoms with Gasteiger partial charge < -0.3 is 14.5 Å². The molecule has 104 valence electrons. The molecule has 0 bridgehead atoms. The Balaban J connectivity index is 2.68. The van der Waals surface area contributed by atoms with E-state index in [2.05, 4.69) is 0 Å². The summed E-state index contributed by atoms with van der Waals surface area (Å²) in [5, 5.41) is -0.473. The molecule has 1 heterocycles. The summed E-state index contributed by atoms with van der Waals surface area (Å²) >= 11 is 5.53. The molecule has 1 aliphatic heterocycles. The van der Waals surface area contributed by atoms with Crippen molar-refractivity contribution in [2.45, 2.75) is 52.3 Å². The summed E-state index contributed by atoms with van der Waals surface area (Å²) in [5.74, 6) is 0. The third kappa shape index (κ3) is 3.77. The standard InChI is InChI=1S/C12H21ClN2O3/c1-8-6-14(11(17)18-12(3,4)5)7-9(2)15(8)10(13)16/h8-9H,6-7H2,1-5H3/t8-,9+. The van der Waals surface area contributed by atoms with Crippen molar-refractivity contribution in [3.8, 4) is 0 Å². The highest BCUT2D eigenvalue weighted by atomic mass is 35.5. The third-order valence-corrected chi connectivity index (χ3v) is 2.97. The average Bonchev–Trinajstić information content (AvgIpc) is 2.12. The van der Waals surface area contributed by atoms with E-state index in [1.165, 1.54) is 0 Å². The lowest BCUT2D eigenvalue weighted by Crippen LogP contribution is -2.59. The molecule has 5 nitrogen and oxygen atoms in total. The first-order valence-corrected chi connectivity index (χ1v) is 6.45. The first-order chi connectivity index (χ1) is 8.11. The molecule has 2 amide bonds. The summed E-state index contributed by atoms with van der Waals surface area (Å²) in [5.41, 5.74) is -0.511. The number of carbonyl (C=O) groups is 2. The molecule has 1 saturated heterocycles. The van der Waals surface area contributed by atoms with Crippen molar-refractivity contribution in [1.29, 1.82) is 0 Å². The maximum atomic E-state index is 11.9. The normalized spacial score (nSPS) is 25.0. The second kappa shape index (κ2) is 5.34. The van der Waals surface area contributed by atoms with Crippen LogP contribution in [0.1, 0.15) is 34.6 Å². The Morgan fingerprint density at radius 1 is 1.17 bits per heavy atom. The van der Waals surface area contributed by atoms with Gasteiger partial charge in [0.1, 0.15) is 5.60 Å². The van der Waals surface area contributed by atoms with Gasteiger partial charge in [-0.25, -0.2) is 4.79 Å². The molecule has 0 aromatic heterocycles. The van der Waals surface area contributed by atoms with Crippen molar-refractivity contribution in [1.82, 2.24) is 9.80 Å². The van der Waals surface area contributed by atoms with E-state index in [1.807, 2.05) is 34.6 Å². The van der Waals surface area contributed by atoms with Crippen LogP contribution in [0.3, 0.4) is 0 Å². The van der Waals surface area contributed by atoms with E-state index >= 15 is 0 Å². The van der Waals surface area contributed by atoms with Crippen molar-refractivity contribution in [3.63, 3.8) is 0 Å². The van der Waals surface area contributed by atoms with Crippen molar-refractivity contribution < 1.29 is 14.3 Å². The summed E-state index contributed by atoms with van der Waals surface area (Å²) in [7, 11) is 0. The Bertz CT molecular complexity index is 329. The molecule has 2 atom stereocenters. The first-order valence-electron chi connectivity index (χ1n) is 6.07.